The molecule has 9 heteroatoms. The average Bonchev–Trinajstić information content (AvgIpc) is 3.13. The van der Waals surface area contributed by atoms with E-state index in [4.69, 9.17) is 14.2 Å². The number of aromatic nitrogens is 1. The van der Waals surface area contributed by atoms with Crippen LogP contribution in [0.5, 0.6) is 11.5 Å². The van der Waals surface area contributed by atoms with Crippen molar-refractivity contribution in [2.75, 3.05) is 13.7 Å². The van der Waals surface area contributed by atoms with Crippen molar-refractivity contribution in [1.82, 2.24) is 4.57 Å². The monoisotopic (exact) mass is 492 g/mol. The number of hydrogen-bond donors (Lipinski definition) is 0. The third kappa shape index (κ3) is 4.95. The van der Waals surface area contributed by atoms with Gasteiger partial charge in [0.25, 0.3) is 5.56 Å². The number of ether oxygens (including phenoxy) is 3. The molecule has 0 N–H and O–H groups in total. The van der Waals surface area contributed by atoms with E-state index in [9.17, 15) is 14.4 Å². The quantitative estimate of drug-likeness (QED) is 0.388. The van der Waals surface area contributed by atoms with Crippen LogP contribution < -0.4 is 24.4 Å². The number of thiazole rings is 1. The number of allylic oxidation sites excluding steroid dienone is 1. The van der Waals surface area contributed by atoms with Gasteiger partial charge < -0.3 is 14.2 Å². The Kier molecular flexibility index (Phi) is 6.97. The van der Waals surface area contributed by atoms with Crippen molar-refractivity contribution in [2.45, 2.75) is 26.8 Å². The fraction of sp³-hybridized carbons (Fsp3) is 0.231. The minimum Gasteiger partial charge on any atom is -0.497 e. The van der Waals surface area contributed by atoms with E-state index in [0.717, 1.165) is 11.1 Å². The maximum atomic E-state index is 13.6. The zero-order chi connectivity index (χ0) is 25.1. The number of benzene rings is 2. The molecule has 1 aromatic heterocycles. The van der Waals surface area contributed by atoms with Crippen LogP contribution in [0.2, 0.25) is 0 Å². The molecule has 8 nitrogen and oxygen atoms in total. The lowest BCUT2D eigenvalue weighted by molar-refractivity contribution is -0.139. The van der Waals surface area contributed by atoms with Crippen LogP contribution >= 0.6 is 11.3 Å². The van der Waals surface area contributed by atoms with Gasteiger partial charge in [0, 0.05) is 6.92 Å². The van der Waals surface area contributed by atoms with E-state index >= 15 is 0 Å². The van der Waals surface area contributed by atoms with Gasteiger partial charge in [-0.15, -0.1) is 0 Å². The summed E-state index contributed by atoms with van der Waals surface area (Å²) in [5.74, 6) is 0.171. The zero-order valence-electron chi connectivity index (χ0n) is 19.7. The second-order valence-corrected chi connectivity index (χ2v) is 8.75. The average molecular weight is 493 g/mol. The first-order valence-corrected chi connectivity index (χ1v) is 11.8. The third-order valence-corrected chi connectivity index (χ3v) is 6.37. The highest BCUT2D eigenvalue weighted by Gasteiger charge is 2.33. The molecule has 0 radical (unpaired) electrons. The molecule has 0 unspecified atom stereocenters. The second-order valence-electron chi connectivity index (χ2n) is 7.74. The molecule has 3 aromatic rings. The highest BCUT2D eigenvalue weighted by Crippen LogP contribution is 2.31. The van der Waals surface area contributed by atoms with Crippen molar-refractivity contribution in [3.8, 4) is 11.5 Å². The Bertz CT molecular complexity index is 1480. The Labute approximate surface area is 205 Å². The fourth-order valence-corrected chi connectivity index (χ4v) is 4.89. The van der Waals surface area contributed by atoms with Gasteiger partial charge in [-0.25, -0.2) is 9.79 Å². The van der Waals surface area contributed by atoms with E-state index in [1.807, 2.05) is 12.1 Å². The molecule has 0 saturated carbocycles. The molecule has 1 atom stereocenters. The summed E-state index contributed by atoms with van der Waals surface area (Å²) in [4.78, 5) is 42.7. The molecule has 2 heterocycles. The first kappa shape index (κ1) is 24.2. The molecular formula is C26H24N2O6S. The maximum Gasteiger partial charge on any atom is 0.338 e. The van der Waals surface area contributed by atoms with Crippen molar-refractivity contribution in [3.63, 3.8) is 0 Å². The van der Waals surface area contributed by atoms with Crippen molar-refractivity contribution in [3.05, 3.63) is 90.6 Å². The normalized spacial score (nSPS) is 15.3. The lowest BCUT2D eigenvalue weighted by atomic mass is 9.96. The maximum absolute atomic E-state index is 13.6. The van der Waals surface area contributed by atoms with E-state index in [2.05, 4.69) is 4.99 Å². The first-order chi connectivity index (χ1) is 16.8. The largest absolute Gasteiger partial charge is 0.497 e. The van der Waals surface area contributed by atoms with E-state index in [0.29, 0.717) is 32.1 Å². The Hall–Kier alpha value is -3.98. The minimum absolute atomic E-state index is 0.207. The summed E-state index contributed by atoms with van der Waals surface area (Å²) in [5.41, 5.74) is 2.05. The van der Waals surface area contributed by atoms with Gasteiger partial charge in [-0.3, -0.25) is 14.2 Å². The Morgan fingerprint density at radius 1 is 1.09 bits per heavy atom. The van der Waals surface area contributed by atoms with Crippen molar-refractivity contribution >= 4 is 29.4 Å². The number of carbonyl (C=O) groups is 2. The molecule has 0 bridgehead atoms. The summed E-state index contributed by atoms with van der Waals surface area (Å²) >= 11 is 1.24. The smallest absolute Gasteiger partial charge is 0.338 e. The van der Waals surface area contributed by atoms with E-state index in [1.54, 1.807) is 63.4 Å². The van der Waals surface area contributed by atoms with Crippen LogP contribution in [0.3, 0.4) is 0 Å². The Morgan fingerprint density at radius 3 is 2.34 bits per heavy atom. The van der Waals surface area contributed by atoms with Gasteiger partial charge in [0.05, 0.1) is 35.6 Å². The van der Waals surface area contributed by atoms with Gasteiger partial charge in [0.2, 0.25) is 0 Å². The lowest BCUT2D eigenvalue weighted by Gasteiger charge is -2.24. The molecule has 1 aliphatic heterocycles. The molecule has 0 spiro atoms. The number of fused-ring (bicyclic) bond motifs is 1. The number of rotatable bonds is 6. The van der Waals surface area contributed by atoms with Gasteiger partial charge in [0.15, 0.2) is 4.80 Å². The van der Waals surface area contributed by atoms with Crippen LogP contribution in [0.15, 0.2) is 69.6 Å². The van der Waals surface area contributed by atoms with Crippen LogP contribution in [0, 0.1) is 0 Å². The summed E-state index contributed by atoms with van der Waals surface area (Å²) in [6, 6.07) is 13.4. The summed E-state index contributed by atoms with van der Waals surface area (Å²) < 4.78 is 17.6. The summed E-state index contributed by atoms with van der Waals surface area (Å²) in [7, 11) is 1.57. The van der Waals surface area contributed by atoms with Gasteiger partial charge in [-0.05, 0) is 55.3 Å². The predicted molar refractivity (Wildman–Crippen MR) is 131 cm³/mol. The van der Waals surface area contributed by atoms with E-state index in [1.165, 1.54) is 22.8 Å². The number of esters is 2. The van der Waals surface area contributed by atoms with Crippen molar-refractivity contribution in [1.29, 1.82) is 0 Å². The number of carbonyl (C=O) groups excluding carboxylic acids is 2. The highest BCUT2D eigenvalue weighted by atomic mass is 32.1. The molecule has 35 heavy (non-hydrogen) atoms. The SMILES string of the molecule is CCOC(=O)C1=C(C)N=c2s/c(=C\c3ccc(OC(C)=O)cc3)c(=O)n2[C@H]1c1ccc(OC)cc1. The van der Waals surface area contributed by atoms with Crippen LogP contribution in [0.25, 0.3) is 6.08 Å². The second kappa shape index (κ2) is 10.1. The fourth-order valence-electron chi connectivity index (χ4n) is 3.84. The molecule has 1 aliphatic rings. The third-order valence-electron chi connectivity index (χ3n) is 5.39. The Morgan fingerprint density at radius 2 is 1.74 bits per heavy atom. The molecular weight excluding hydrogens is 468 g/mol. The van der Waals surface area contributed by atoms with Crippen LogP contribution in [-0.2, 0) is 14.3 Å². The van der Waals surface area contributed by atoms with Crippen molar-refractivity contribution < 1.29 is 23.8 Å². The van der Waals surface area contributed by atoms with Crippen molar-refractivity contribution in [2.24, 2.45) is 4.99 Å². The van der Waals surface area contributed by atoms with Gasteiger partial charge in [-0.2, -0.15) is 0 Å². The van der Waals surface area contributed by atoms with Gasteiger partial charge >= 0.3 is 11.9 Å². The minimum atomic E-state index is -0.690. The lowest BCUT2D eigenvalue weighted by Crippen LogP contribution is -2.39. The number of nitrogens with zero attached hydrogens (tertiary/aromatic N) is 2. The number of methoxy groups -OCH3 is 1. The Balaban J connectivity index is 1.85. The topological polar surface area (TPSA) is 96.2 Å². The van der Waals surface area contributed by atoms with Crippen LogP contribution in [0.4, 0.5) is 0 Å². The molecule has 0 aliphatic carbocycles. The molecule has 2 aromatic carbocycles. The molecule has 0 saturated heterocycles. The summed E-state index contributed by atoms with van der Waals surface area (Å²) in [6.07, 6.45) is 1.75. The van der Waals surface area contributed by atoms with Gasteiger partial charge in [0.1, 0.15) is 11.5 Å². The predicted octanol–water partition coefficient (Wildman–Crippen LogP) is 2.73. The highest BCUT2D eigenvalue weighted by molar-refractivity contribution is 7.07. The molecule has 4 rings (SSSR count). The van der Waals surface area contributed by atoms with Crippen LogP contribution in [-0.4, -0.2) is 30.2 Å². The number of hydrogen-bond acceptors (Lipinski definition) is 8. The van der Waals surface area contributed by atoms with Gasteiger partial charge in [-0.1, -0.05) is 35.6 Å². The molecule has 180 valence electrons. The van der Waals surface area contributed by atoms with E-state index < -0.39 is 18.0 Å². The standard InChI is InChI=1S/C26H24N2O6S/c1-5-33-25(31)22-15(2)27-26-28(23(22)18-8-12-19(32-4)13-9-18)24(30)21(35-26)14-17-6-10-20(11-7-17)34-16(3)29/h6-14,23H,5H2,1-4H3/b21-14-/t23-/m0/s1. The molecule has 0 fully saturated rings. The summed E-state index contributed by atoms with van der Waals surface area (Å²) in [6.45, 7) is 5.02. The molecule has 0 amide bonds. The first-order valence-electron chi connectivity index (χ1n) is 10.9. The zero-order valence-corrected chi connectivity index (χ0v) is 20.5. The summed E-state index contributed by atoms with van der Waals surface area (Å²) in [5, 5.41) is 0. The van der Waals surface area contributed by atoms with E-state index in [-0.39, 0.29) is 12.2 Å². The van der Waals surface area contributed by atoms with Crippen LogP contribution in [0.1, 0.15) is 37.9 Å².